The van der Waals surface area contributed by atoms with Crippen LogP contribution in [0, 0.1) is 0 Å². The first-order chi connectivity index (χ1) is 8.79. The van der Waals surface area contributed by atoms with E-state index in [4.69, 9.17) is 4.74 Å². The van der Waals surface area contributed by atoms with Crippen LogP contribution >= 0.6 is 0 Å². The summed E-state index contributed by atoms with van der Waals surface area (Å²) in [5.74, 6) is 0.117. The molecule has 0 bridgehead atoms. The van der Waals surface area contributed by atoms with Gasteiger partial charge in [0.05, 0.1) is 19.8 Å². The van der Waals surface area contributed by atoms with Crippen LogP contribution in [0.2, 0.25) is 0 Å². The molecule has 0 spiro atoms. The molecular formula is C14H16N2O2. The molecule has 0 aliphatic carbocycles. The van der Waals surface area contributed by atoms with Crippen LogP contribution < -0.4 is 5.32 Å². The molecule has 4 nitrogen and oxygen atoms in total. The normalized spacial score (nSPS) is 14.7. The molecule has 1 aliphatic heterocycles. The zero-order valence-corrected chi connectivity index (χ0v) is 10.4. The van der Waals surface area contributed by atoms with Crippen LogP contribution in [0.15, 0.2) is 18.2 Å². The molecule has 94 valence electrons. The van der Waals surface area contributed by atoms with Gasteiger partial charge in [-0.3, -0.25) is 4.79 Å². The third-order valence-electron chi connectivity index (χ3n) is 3.40. The molecule has 2 N–H and O–H groups in total. The molecular weight excluding hydrogens is 228 g/mol. The molecule has 0 saturated heterocycles. The minimum Gasteiger partial charge on any atom is -0.376 e. The lowest BCUT2D eigenvalue weighted by molar-refractivity contribution is 0.0993. The summed E-state index contributed by atoms with van der Waals surface area (Å²) in [6.45, 7) is 1.78. The number of benzene rings is 1. The lowest BCUT2D eigenvalue weighted by Gasteiger charge is -2.11. The van der Waals surface area contributed by atoms with Crippen molar-refractivity contribution in [3.63, 3.8) is 0 Å². The maximum absolute atomic E-state index is 11.9. The molecule has 0 fully saturated rings. The quantitative estimate of drug-likeness (QED) is 0.807. The first-order valence-corrected chi connectivity index (χ1v) is 6.18. The van der Waals surface area contributed by atoms with Crippen molar-refractivity contribution in [2.24, 2.45) is 0 Å². The van der Waals surface area contributed by atoms with Crippen molar-refractivity contribution in [2.45, 2.75) is 13.0 Å². The number of aromatic amines is 1. The van der Waals surface area contributed by atoms with E-state index in [-0.39, 0.29) is 5.78 Å². The highest BCUT2D eigenvalue weighted by molar-refractivity contribution is 6.01. The predicted molar refractivity (Wildman–Crippen MR) is 69.9 cm³/mol. The zero-order valence-electron chi connectivity index (χ0n) is 10.4. The lowest BCUT2D eigenvalue weighted by atomic mass is 10.0. The van der Waals surface area contributed by atoms with Crippen molar-refractivity contribution in [3.8, 4) is 0 Å². The van der Waals surface area contributed by atoms with Crippen LogP contribution in [0.5, 0.6) is 0 Å². The molecule has 1 aromatic carbocycles. The van der Waals surface area contributed by atoms with Gasteiger partial charge in [-0.05, 0) is 25.2 Å². The number of ether oxygens (including phenoxy) is 1. The molecule has 0 unspecified atom stereocenters. The Morgan fingerprint density at radius 3 is 3.22 bits per heavy atom. The summed E-state index contributed by atoms with van der Waals surface area (Å²) in [5.41, 5.74) is 4.29. The van der Waals surface area contributed by atoms with Gasteiger partial charge in [0.2, 0.25) is 0 Å². The topological polar surface area (TPSA) is 54.1 Å². The summed E-state index contributed by atoms with van der Waals surface area (Å²) < 4.78 is 5.49. The van der Waals surface area contributed by atoms with E-state index in [9.17, 15) is 4.79 Å². The number of ketones is 1. The van der Waals surface area contributed by atoms with Crippen LogP contribution in [-0.2, 0) is 17.8 Å². The number of rotatable bonds is 3. The van der Waals surface area contributed by atoms with Crippen molar-refractivity contribution < 1.29 is 9.53 Å². The Labute approximate surface area is 105 Å². The Balaban J connectivity index is 2.08. The largest absolute Gasteiger partial charge is 0.376 e. The summed E-state index contributed by atoms with van der Waals surface area (Å²) >= 11 is 0. The maximum Gasteiger partial charge on any atom is 0.176 e. The number of carbonyl (C=O) groups is 1. The van der Waals surface area contributed by atoms with Gasteiger partial charge in [-0.1, -0.05) is 0 Å². The van der Waals surface area contributed by atoms with Crippen LogP contribution in [-0.4, -0.2) is 31.0 Å². The molecule has 18 heavy (non-hydrogen) atoms. The van der Waals surface area contributed by atoms with Gasteiger partial charge in [-0.15, -0.1) is 0 Å². The van der Waals surface area contributed by atoms with E-state index in [1.807, 2.05) is 18.2 Å². The van der Waals surface area contributed by atoms with Gasteiger partial charge < -0.3 is 15.0 Å². The van der Waals surface area contributed by atoms with Crippen LogP contribution in [0.1, 0.15) is 21.6 Å². The van der Waals surface area contributed by atoms with E-state index < -0.39 is 0 Å². The Morgan fingerprint density at radius 1 is 1.50 bits per heavy atom. The number of Topliss-reactive ketones (excluding diaryl/α,β-unsaturated/α-hetero) is 1. The Kier molecular flexibility index (Phi) is 2.89. The van der Waals surface area contributed by atoms with Crippen molar-refractivity contribution in [2.75, 3.05) is 20.2 Å². The lowest BCUT2D eigenvalue weighted by Crippen LogP contribution is -2.18. The second-order valence-electron chi connectivity index (χ2n) is 4.60. The predicted octanol–water partition coefficient (Wildman–Crippen LogP) is 1.64. The van der Waals surface area contributed by atoms with Gasteiger partial charge in [0, 0.05) is 34.1 Å². The number of H-pyrrole nitrogens is 1. The zero-order chi connectivity index (χ0) is 12.5. The van der Waals surface area contributed by atoms with Crippen LogP contribution in [0.3, 0.4) is 0 Å². The van der Waals surface area contributed by atoms with E-state index in [1.165, 1.54) is 11.3 Å². The Morgan fingerprint density at radius 2 is 2.39 bits per heavy atom. The van der Waals surface area contributed by atoms with Gasteiger partial charge >= 0.3 is 0 Å². The van der Waals surface area contributed by atoms with E-state index in [0.717, 1.165) is 29.5 Å². The third kappa shape index (κ3) is 1.83. The average molecular weight is 244 g/mol. The Bertz CT molecular complexity index is 601. The van der Waals surface area contributed by atoms with Crippen molar-refractivity contribution >= 4 is 16.7 Å². The molecule has 2 heterocycles. The fourth-order valence-corrected chi connectivity index (χ4v) is 2.47. The minimum absolute atomic E-state index is 0.117. The molecule has 0 amide bonds. The van der Waals surface area contributed by atoms with Crippen molar-refractivity contribution in [1.29, 1.82) is 0 Å². The van der Waals surface area contributed by atoms with Crippen LogP contribution in [0.25, 0.3) is 10.9 Å². The van der Waals surface area contributed by atoms with Gasteiger partial charge in [0.1, 0.15) is 0 Å². The monoisotopic (exact) mass is 244 g/mol. The average Bonchev–Trinajstić information content (AvgIpc) is 2.76. The second kappa shape index (κ2) is 4.55. The molecule has 3 rings (SSSR count). The Hall–Kier alpha value is -1.65. The number of likely N-dealkylation sites (N-methyl/N-ethyl adjacent to an activating group) is 1. The molecule has 0 atom stereocenters. The number of hydrogen-bond donors (Lipinski definition) is 2. The summed E-state index contributed by atoms with van der Waals surface area (Å²) in [7, 11) is 1.78. The van der Waals surface area contributed by atoms with Gasteiger partial charge in [-0.2, -0.15) is 0 Å². The summed E-state index contributed by atoms with van der Waals surface area (Å²) in [4.78, 5) is 15.3. The van der Waals surface area contributed by atoms with Gasteiger partial charge in [-0.25, -0.2) is 0 Å². The summed E-state index contributed by atoms with van der Waals surface area (Å²) in [5, 5.41) is 4.01. The smallest absolute Gasteiger partial charge is 0.176 e. The van der Waals surface area contributed by atoms with Crippen LogP contribution in [0.4, 0.5) is 0 Å². The highest BCUT2D eigenvalue weighted by Crippen LogP contribution is 2.27. The number of hydrogen-bond acceptors (Lipinski definition) is 3. The SMILES string of the molecule is CNCC(=O)c1ccc2[nH]c3c(c2c1)COCC3. The number of carbonyl (C=O) groups excluding carboxylic acids is 1. The fourth-order valence-electron chi connectivity index (χ4n) is 2.47. The summed E-state index contributed by atoms with van der Waals surface area (Å²) in [6, 6.07) is 5.83. The molecule has 0 saturated carbocycles. The van der Waals surface area contributed by atoms with Gasteiger partial charge in [0.25, 0.3) is 0 Å². The molecule has 2 aromatic rings. The van der Waals surface area contributed by atoms with E-state index in [1.54, 1.807) is 7.05 Å². The van der Waals surface area contributed by atoms with Crippen molar-refractivity contribution in [1.82, 2.24) is 10.3 Å². The number of fused-ring (bicyclic) bond motifs is 3. The maximum atomic E-state index is 11.9. The van der Waals surface area contributed by atoms with Crippen molar-refractivity contribution in [3.05, 3.63) is 35.0 Å². The second-order valence-corrected chi connectivity index (χ2v) is 4.60. The highest BCUT2D eigenvalue weighted by Gasteiger charge is 2.16. The molecule has 1 aliphatic rings. The number of aromatic nitrogens is 1. The first kappa shape index (κ1) is 11.4. The third-order valence-corrected chi connectivity index (χ3v) is 3.40. The standard InChI is InChI=1S/C14H16N2O2/c1-15-7-14(17)9-2-3-12-10(6-9)11-8-18-5-4-13(11)16-12/h2-3,6,15-16H,4-5,7-8H2,1H3. The molecule has 0 radical (unpaired) electrons. The number of nitrogens with one attached hydrogen (secondary N) is 2. The fraction of sp³-hybridized carbons (Fsp3) is 0.357. The molecule has 4 heteroatoms. The highest BCUT2D eigenvalue weighted by atomic mass is 16.5. The summed E-state index contributed by atoms with van der Waals surface area (Å²) in [6.07, 6.45) is 0.920. The van der Waals surface area contributed by atoms with E-state index >= 15 is 0 Å². The first-order valence-electron chi connectivity index (χ1n) is 6.18. The molecule has 1 aromatic heterocycles. The van der Waals surface area contributed by atoms with E-state index in [2.05, 4.69) is 10.3 Å². The van der Waals surface area contributed by atoms with Gasteiger partial charge in [0.15, 0.2) is 5.78 Å². The minimum atomic E-state index is 0.117. The van der Waals surface area contributed by atoms with E-state index in [0.29, 0.717) is 13.2 Å².